The van der Waals surface area contributed by atoms with E-state index in [1.807, 2.05) is 37.3 Å². The van der Waals surface area contributed by atoms with Gasteiger partial charge in [0.1, 0.15) is 0 Å². The molecule has 144 valence electrons. The summed E-state index contributed by atoms with van der Waals surface area (Å²) < 4.78 is 0. The summed E-state index contributed by atoms with van der Waals surface area (Å²) in [6.45, 7) is 4.91. The second kappa shape index (κ2) is 8.67. The highest BCUT2D eigenvalue weighted by molar-refractivity contribution is 7.09. The maximum absolute atomic E-state index is 12.5. The highest BCUT2D eigenvalue weighted by atomic mass is 32.1. The number of aryl methyl sites for hydroxylation is 1. The average molecular weight is 392 g/mol. The van der Waals surface area contributed by atoms with Crippen LogP contribution in [0.25, 0.3) is 11.3 Å². The molecular weight excluding hydrogens is 366 g/mol. The quantitative estimate of drug-likeness (QED) is 0.689. The number of hydrogen-bond donors (Lipinski definition) is 1. The minimum absolute atomic E-state index is 0.101. The Kier molecular flexibility index (Phi) is 5.84. The van der Waals surface area contributed by atoms with Gasteiger partial charge in [-0.2, -0.15) is 0 Å². The number of nitrogens with zero attached hydrogens (tertiary/aromatic N) is 2. The molecule has 2 heterocycles. The predicted octanol–water partition coefficient (Wildman–Crippen LogP) is 4.05. The summed E-state index contributed by atoms with van der Waals surface area (Å²) in [5, 5.41) is 6.34. The van der Waals surface area contributed by atoms with Gasteiger partial charge in [-0.15, -0.1) is 11.3 Å². The Labute approximate surface area is 170 Å². The molecule has 0 saturated carbocycles. The molecular formula is C23H25N3OS. The largest absolute Gasteiger partial charge is 0.352 e. The molecule has 1 atom stereocenters. The lowest BCUT2D eigenvalue weighted by molar-refractivity contribution is -0.121. The number of carbonyl (C=O) groups is 1. The van der Waals surface area contributed by atoms with Crippen molar-refractivity contribution in [2.24, 2.45) is 0 Å². The van der Waals surface area contributed by atoms with Crippen molar-refractivity contribution in [3.05, 3.63) is 76.1 Å². The molecule has 0 aliphatic carbocycles. The standard InChI is InChI=1S/C23H25N3OS/c1-17-24-22(16-28-17)20-9-7-18(8-10-20)13-23(27)25-21-11-12-26(15-21)14-19-5-3-2-4-6-19/h2-10,16,21H,11-15H2,1H3,(H,25,27)/t21-/m0/s1. The molecule has 1 N–H and O–H groups in total. The Bertz CT molecular complexity index is 921. The van der Waals surface area contributed by atoms with Crippen LogP contribution in [0.5, 0.6) is 0 Å². The van der Waals surface area contributed by atoms with Crippen molar-refractivity contribution >= 4 is 17.2 Å². The summed E-state index contributed by atoms with van der Waals surface area (Å²) in [4.78, 5) is 19.4. The predicted molar refractivity (Wildman–Crippen MR) is 114 cm³/mol. The summed E-state index contributed by atoms with van der Waals surface area (Å²) in [6, 6.07) is 18.9. The van der Waals surface area contributed by atoms with Crippen LogP contribution >= 0.6 is 11.3 Å². The number of carbonyl (C=O) groups excluding carboxylic acids is 1. The van der Waals surface area contributed by atoms with Gasteiger partial charge in [0.05, 0.1) is 17.1 Å². The molecule has 0 bridgehead atoms. The van der Waals surface area contributed by atoms with Crippen molar-refractivity contribution in [1.29, 1.82) is 0 Å². The summed E-state index contributed by atoms with van der Waals surface area (Å²) in [6.07, 6.45) is 1.44. The monoisotopic (exact) mass is 391 g/mol. The van der Waals surface area contributed by atoms with Crippen molar-refractivity contribution in [1.82, 2.24) is 15.2 Å². The van der Waals surface area contributed by atoms with Crippen LogP contribution < -0.4 is 5.32 Å². The lowest BCUT2D eigenvalue weighted by Crippen LogP contribution is -2.37. The fraction of sp³-hybridized carbons (Fsp3) is 0.304. The van der Waals surface area contributed by atoms with Gasteiger partial charge in [0, 0.05) is 36.6 Å². The third-order valence-electron chi connectivity index (χ3n) is 5.12. The van der Waals surface area contributed by atoms with Crippen molar-refractivity contribution in [2.45, 2.75) is 32.4 Å². The molecule has 2 aromatic carbocycles. The first-order valence-electron chi connectivity index (χ1n) is 9.73. The second-order valence-electron chi connectivity index (χ2n) is 7.40. The summed E-state index contributed by atoms with van der Waals surface area (Å²) in [5.74, 6) is 0.101. The van der Waals surface area contributed by atoms with E-state index in [1.54, 1.807) is 11.3 Å². The van der Waals surface area contributed by atoms with Crippen LogP contribution in [0.1, 0.15) is 22.6 Å². The first kappa shape index (κ1) is 18.8. The van der Waals surface area contributed by atoms with E-state index >= 15 is 0 Å². The molecule has 4 rings (SSSR count). The number of hydrogen-bond acceptors (Lipinski definition) is 4. The molecule has 0 unspecified atom stereocenters. The maximum atomic E-state index is 12.5. The van der Waals surface area contributed by atoms with Gasteiger partial charge in [-0.1, -0.05) is 54.6 Å². The smallest absolute Gasteiger partial charge is 0.224 e. The zero-order valence-electron chi connectivity index (χ0n) is 16.1. The van der Waals surface area contributed by atoms with Gasteiger partial charge in [0.2, 0.25) is 5.91 Å². The van der Waals surface area contributed by atoms with E-state index in [9.17, 15) is 4.79 Å². The molecule has 1 aliphatic rings. The van der Waals surface area contributed by atoms with Gasteiger partial charge in [-0.25, -0.2) is 4.98 Å². The van der Waals surface area contributed by atoms with Crippen molar-refractivity contribution in [2.75, 3.05) is 13.1 Å². The fourth-order valence-electron chi connectivity index (χ4n) is 3.69. The SMILES string of the molecule is Cc1nc(-c2ccc(CC(=O)N[C@H]3CCN(Cc4ccccc4)C3)cc2)cs1. The molecule has 1 saturated heterocycles. The molecule has 1 aliphatic heterocycles. The summed E-state index contributed by atoms with van der Waals surface area (Å²) >= 11 is 1.65. The Hall–Kier alpha value is -2.50. The Morgan fingerprint density at radius 3 is 2.64 bits per heavy atom. The van der Waals surface area contributed by atoms with E-state index in [4.69, 9.17) is 0 Å². The third kappa shape index (κ3) is 4.86. The zero-order chi connectivity index (χ0) is 19.3. The van der Waals surface area contributed by atoms with E-state index in [-0.39, 0.29) is 11.9 Å². The highest BCUT2D eigenvalue weighted by Crippen LogP contribution is 2.22. The Morgan fingerprint density at radius 2 is 1.93 bits per heavy atom. The number of amides is 1. The molecule has 0 radical (unpaired) electrons. The Morgan fingerprint density at radius 1 is 1.14 bits per heavy atom. The van der Waals surface area contributed by atoms with E-state index in [0.29, 0.717) is 6.42 Å². The van der Waals surface area contributed by atoms with Crippen LogP contribution in [0.15, 0.2) is 60.0 Å². The van der Waals surface area contributed by atoms with E-state index in [2.05, 4.69) is 44.8 Å². The van der Waals surface area contributed by atoms with Crippen LogP contribution in [0.3, 0.4) is 0 Å². The lowest BCUT2D eigenvalue weighted by atomic mass is 10.1. The van der Waals surface area contributed by atoms with Crippen LogP contribution in [0.4, 0.5) is 0 Å². The van der Waals surface area contributed by atoms with E-state index < -0.39 is 0 Å². The maximum Gasteiger partial charge on any atom is 0.224 e. The van der Waals surface area contributed by atoms with Crippen molar-refractivity contribution in [3.63, 3.8) is 0 Å². The molecule has 28 heavy (non-hydrogen) atoms. The number of rotatable bonds is 6. The molecule has 0 spiro atoms. The van der Waals surface area contributed by atoms with Gasteiger partial charge >= 0.3 is 0 Å². The topological polar surface area (TPSA) is 45.2 Å². The molecule has 3 aromatic rings. The minimum Gasteiger partial charge on any atom is -0.352 e. The lowest BCUT2D eigenvalue weighted by Gasteiger charge is -2.17. The molecule has 4 nitrogen and oxygen atoms in total. The first-order chi connectivity index (χ1) is 13.7. The van der Waals surface area contributed by atoms with Gasteiger partial charge < -0.3 is 5.32 Å². The minimum atomic E-state index is 0.101. The van der Waals surface area contributed by atoms with E-state index in [1.165, 1.54) is 5.56 Å². The molecule has 1 amide bonds. The number of aromatic nitrogens is 1. The van der Waals surface area contributed by atoms with Crippen LogP contribution in [0, 0.1) is 6.92 Å². The summed E-state index contributed by atoms with van der Waals surface area (Å²) in [7, 11) is 0. The second-order valence-corrected chi connectivity index (χ2v) is 8.46. The number of nitrogens with one attached hydrogen (secondary N) is 1. The number of benzene rings is 2. The first-order valence-corrected chi connectivity index (χ1v) is 10.6. The van der Waals surface area contributed by atoms with Crippen molar-refractivity contribution in [3.8, 4) is 11.3 Å². The number of likely N-dealkylation sites (tertiary alicyclic amines) is 1. The van der Waals surface area contributed by atoms with Crippen LogP contribution in [-0.4, -0.2) is 34.9 Å². The van der Waals surface area contributed by atoms with Crippen LogP contribution in [0.2, 0.25) is 0 Å². The number of thiazole rings is 1. The van der Waals surface area contributed by atoms with Crippen molar-refractivity contribution < 1.29 is 4.79 Å². The van der Waals surface area contributed by atoms with Gasteiger partial charge in [-0.05, 0) is 24.5 Å². The fourth-order valence-corrected chi connectivity index (χ4v) is 4.31. The zero-order valence-corrected chi connectivity index (χ0v) is 16.9. The Balaban J connectivity index is 1.26. The van der Waals surface area contributed by atoms with E-state index in [0.717, 1.165) is 47.9 Å². The van der Waals surface area contributed by atoms with Gasteiger partial charge in [0.25, 0.3) is 0 Å². The normalized spacial score (nSPS) is 17.0. The van der Waals surface area contributed by atoms with Gasteiger partial charge in [-0.3, -0.25) is 9.69 Å². The molecule has 1 aromatic heterocycles. The summed E-state index contributed by atoms with van der Waals surface area (Å²) in [5.41, 5.74) is 4.46. The third-order valence-corrected chi connectivity index (χ3v) is 5.89. The molecule has 1 fully saturated rings. The van der Waals surface area contributed by atoms with Gasteiger partial charge in [0.15, 0.2) is 0 Å². The highest BCUT2D eigenvalue weighted by Gasteiger charge is 2.23. The van der Waals surface area contributed by atoms with Crippen LogP contribution in [-0.2, 0) is 17.8 Å². The average Bonchev–Trinajstić information content (AvgIpc) is 3.32. The molecule has 5 heteroatoms.